The van der Waals surface area contributed by atoms with E-state index in [0.717, 1.165) is 4.88 Å². The van der Waals surface area contributed by atoms with Crippen molar-refractivity contribution >= 4 is 58.1 Å². The summed E-state index contributed by atoms with van der Waals surface area (Å²) in [6.45, 7) is 5.33. The van der Waals surface area contributed by atoms with Gasteiger partial charge in [-0.05, 0) is 83.1 Å². The number of benzene rings is 2. The molecule has 0 spiro atoms. The lowest BCUT2D eigenvalue weighted by Crippen LogP contribution is -2.43. The molecule has 0 aliphatic heterocycles. The van der Waals surface area contributed by atoms with Crippen LogP contribution in [0.15, 0.2) is 84.9 Å². The van der Waals surface area contributed by atoms with Gasteiger partial charge in [-0.2, -0.15) is 0 Å². The highest BCUT2D eigenvalue weighted by Gasteiger charge is 2.40. The van der Waals surface area contributed by atoms with Crippen LogP contribution in [0.1, 0.15) is 124 Å². The number of unbranched alkanes of at least 4 members (excludes halogenated alkanes) is 3. The van der Waals surface area contributed by atoms with Crippen LogP contribution in [0.2, 0.25) is 0 Å². The smallest absolute Gasteiger partial charge is 0.348 e. The SMILES string of the molecule is CC[C@](CCCCOC(=O)[C@@H](C)c1ccc(C(=O)c2ccccc2)s1)(OC(=O)CCCCCOC(=O)[C@@H](C)c1ccc(C(=O)c2ccccc2)s1)C(=O)O. The van der Waals surface area contributed by atoms with Crippen molar-refractivity contribution in [2.75, 3.05) is 13.2 Å². The van der Waals surface area contributed by atoms with Gasteiger partial charge in [0, 0.05) is 27.3 Å². The Balaban J connectivity index is 1.12. The summed E-state index contributed by atoms with van der Waals surface area (Å²) in [5.41, 5.74) is -0.534. The van der Waals surface area contributed by atoms with Crippen molar-refractivity contribution in [3.05, 3.63) is 116 Å². The molecule has 10 nitrogen and oxygen atoms in total. The maximum atomic E-state index is 12.7. The molecule has 4 rings (SSSR count). The van der Waals surface area contributed by atoms with Gasteiger partial charge in [-0.25, -0.2) is 4.79 Å². The van der Waals surface area contributed by atoms with Gasteiger partial charge < -0.3 is 19.3 Å². The quantitative estimate of drug-likeness (QED) is 0.0355. The molecule has 0 amide bonds. The number of aliphatic carboxylic acids is 1. The first-order valence-electron chi connectivity index (χ1n) is 18.1. The van der Waals surface area contributed by atoms with E-state index >= 15 is 0 Å². The molecule has 286 valence electrons. The maximum Gasteiger partial charge on any atom is 0.348 e. The van der Waals surface area contributed by atoms with Crippen molar-refractivity contribution in [3.8, 4) is 0 Å². The molecule has 0 aliphatic rings. The van der Waals surface area contributed by atoms with Crippen LogP contribution in [0, 0.1) is 0 Å². The van der Waals surface area contributed by atoms with Gasteiger partial charge in [0.05, 0.1) is 34.8 Å². The van der Waals surface area contributed by atoms with E-state index in [1.54, 1.807) is 93.6 Å². The second-order valence-corrected chi connectivity index (χ2v) is 15.2. The molecule has 2 heterocycles. The van der Waals surface area contributed by atoms with E-state index in [9.17, 15) is 33.9 Å². The summed E-state index contributed by atoms with van der Waals surface area (Å²) in [7, 11) is 0. The largest absolute Gasteiger partial charge is 0.478 e. The number of rotatable bonds is 22. The Kier molecular flexibility index (Phi) is 15.9. The molecule has 2 aromatic heterocycles. The first-order chi connectivity index (χ1) is 26.0. The first-order valence-corrected chi connectivity index (χ1v) is 19.8. The van der Waals surface area contributed by atoms with E-state index in [2.05, 4.69) is 0 Å². The molecule has 0 unspecified atom stereocenters. The van der Waals surface area contributed by atoms with Crippen LogP contribution < -0.4 is 0 Å². The number of thiophene rings is 2. The van der Waals surface area contributed by atoms with Crippen LogP contribution >= 0.6 is 22.7 Å². The topological polar surface area (TPSA) is 150 Å². The van der Waals surface area contributed by atoms with Crippen LogP contribution in [-0.2, 0) is 33.4 Å². The lowest BCUT2D eigenvalue weighted by Gasteiger charge is -2.28. The Bertz CT molecular complexity index is 1880. The van der Waals surface area contributed by atoms with E-state index in [4.69, 9.17) is 14.2 Å². The number of hydrogen-bond donors (Lipinski definition) is 1. The molecule has 2 aromatic carbocycles. The van der Waals surface area contributed by atoms with Gasteiger partial charge in [0.15, 0.2) is 0 Å². The summed E-state index contributed by atoms with van der Waals surface area (Å²) in [5, 5.41) is 9.98. The molecule has 0 saturated carbocycles. The minimum atomic E-state index is -1.69. The molecule has 3 atom stereocenters. The highest BCUT2D eigenvalue weighted by molar-refractivity contribution is 7.14. The molecule has 1 N–H and O–H groups in total. The Hall–Kier alpha value is -4.94. The fourth-order valence-corrected chi connectivity index (χ4v) is 7.66. The minimum absolute atomic E-state index is 0.0175. The van der Waals surface area contributed by atoms with Crippen LogP contribution in [0.3, 0.4) is 0 Å². The molecule has 0 fully saturated rings. The van der Waals surface area contributed by atoms with Crippen molar-refractivity contribution in [3.63, 3.8) is 0 Å². The van der Waals surface area contributed by atoms with Gasteiger partial charge in [0.1, 0.15) is 0 Å². The van der Waals surface area contributed by atoms with Crippen molar-refractivity contribution in [1.82, 2.24) is 0 Å². The Morgan fingerprint density at radius 1 is 0.630 bits per heavy atom. The Morgan fingerprint density at radius 3 is 1.54 bits per heavy atom. The summed E-state index contributed by atoms with van der Waals surface area (Å²) in [5.74, 6) is -4.01. The second-order valence-electron chi connectivity index (χ2n) is 13.0. The Morgan fingerprint density at radius 2 is 1.09 bits per heavy atom. The number of carboxylic acids is 1. The monoisotopic (exact) mass is 774 g/mol. The molecule has 0 radical (unpaired) electrons. The summed E-state index contributed by atoms with van der Waals surface area (Å²) in [4.78, 5) is 78.2. The normalized spacial score (nSPS) is 13.2. The lowest BCUT2D eigenvalue weighted by atomic mass is 9.93. The van der Waals surface area contributed by atoms with Crippen LogP contribution in [0.5, 0.6) is 0 Å². The van der Waals surface area contributed by atoms with Crippen molar-refractivity contribution < 1.29 is 48.1 Å². The number of carbonyl (C=O) groups is 6. The van der Waals surface area contributed by atoms with Crippen LogP contribution in [0.25, 0.3) is 0 Å². The van der Waals surface area contributed by atoms with Gasteiger partial charge in [0.2, 0.25) is 17.2 Å². The zero-order valence-corrected chi connectivity index (χ0v) is 32.4. The second kappa shape index (κ2) is 20.5. The molecule has 4 aromatic rings. The molecule has 0 bridgehead atoms. The number of ether oxygens (including phenoxy) is 3. The van der Waals surface area contributed by atoms with Crippen molar-refractivity contribution in [2.24, 2.45) is 0 Å². The van der Waals surface area contributed by atoms with Gasteiger partial charge in [0.25, 0.3) is 0 Å². The first kappa shape index (κ1) is 41.8. The fourth-order valence-electron chi connectivity index (χ4n) is 5.64. The maximum absolute atomic E-state index is 12.7. The third-order valence-corrected chi connectivity index (χ3v) is 11.6. The van der Waals surface area contributed by atoms with Crippen molar-refractivity contribution in [1.29, 1.82) is 0 Å². The fraction of sp³-hybridized carbons (Fsp3) is 0.381. The minimum Gasteiger partial charge on any atom is -0.478 e. The molecule has 0 saturated heterocycles. The lowest BCUT2D eigenvalue weighted by molar-refractivity contribution is -0.180. The van der Waals surface area contributed by atoms with Gasteiger partial charge in [-0.1, -0.05) is 67.6 Å². The number of carbonyl (C=O) groups excluding carboxylic acids is 5. The van der Waals surface area contributed by atoms with Gasteiger partial charge in [-0.3, -0.25) is 24.0 Å². The number of hydrogen-bond acceptors (Lipinski definition) is 11. The number of esters is 3. The summed E-state index contributed by atoms with van der Waals surface area (Å²) in [6.07, 6.45) is 2.40. The zero-order chi connectivity index (χ0) is 39.1. The predicted octanol–water partition coefficient (Wildman–Crippen LogP) is 8.77. The third-order valence-electron chi connectivity index (χ3n) is 9.09. The van der Waals surface area contributed by atoms with E-state index in [1.807, 2.05) is 12.1 Å². The molecular weight excluding hydrogens is 729 g/mol. The number of ketones is 2. The summed E-state index contributed by atoms with van der Waals surface area (Å²) >= 11 is 2.52. The predicted molar refractivity (Wildman–Crippen MR) is 206 cm³/mol. The zero-order valence-electron chi connectivity index (χ0n) is 30.7. The molecule has 12 heteroatoms. The standard InChI is InChI=1S/C42H46O10S2/c1-4-42(41(48)49,25-13-15-27-51-40(47)29(3)33-22-24-35(54-33)38(45)31-18-10-6-11-19-31)52-36(43)20-12-7-14-26-50-39(46)28(2)32-21-23-34(53-32)37(44)30-16-8-5-9-17-30/h5-6,8-11,16-19,21-24,28-29H,4,7,12-15,20,25-27H2,1-3H3,(H,48,49)/t28-,29-,42+/m0/s1. The van der Waals surface area contributed by atoms with Crippen LogP contribution in [0.4, 0.5) is 0 Å². The molecule has 54 heavy (non-hydrogen) atoms. The average molecular weight is 775 g/mol. The third kappa shape index (κ3) is 11.5. The molecular formula is C42H46O10S2. The Labute approximate surface area is 323 Å². The highest BCUT2D eigenvalue weighted by atomic mass is 32.1. The van der Waals surface area contributed by atoms with Crippen LogP contribution in [-0.4, -0.2) is 59.4 Å². The van der Waals surface area contributed by atoms with E-state index in [1.165, 1.54) is 22.7 Å². The average Bonchev–Trinajstić information content (AvgIpc) is 3.89. The van der Waals surface area contributed by atoms with Gasteiger partial charge in [-0.15, -0.1) is 22.7 Å². The van der Waals surface area contributed by atoms with Crippen molar-refractivity contribution in [2.45, 2.75) is 89.6 Å². The summed E-state index contributed by atoms with van der Waals surface area (Å²) in [6, 6.07) is 24.8. The number of carboxylic acid groups (broad SMARTS) is 1. The van der Waals surface area contributed by atoms with E-state index < -0.39 is 41.3 Å². The van der Waals surface area contributed by atoms with E-state index in [0.29, 0.717) is 57.9 Å². The van der Waals surface area contributed by atoms with Gasteiger partial charge >= 0.3 is 23.9 Å². The van der Waals surface area contributed by atoms with E-state index in [-0.39, 0.29) is 44.0 Å². The summed E-state index contributed by atoms with van der Waals surface area (Å²) < 4.78 is 16.4. The molecule has 0 aliphatic carbocycles. The highest BCUT2D eigenvalue weighted by Crippen LogP contribution is 2.30.